The van der Waals surface area contributed by atoms with Crippen LogP contribution in [0.5, 0.6) is 0 Å². The minimum absolute atomic E-state index is 0.0816. The van der Waals surface area contributed by atoms with Crippen molar-refractivity contribution in [2.24, 2.45) is 0 Å². The van der Waals surface area contributed by atoms with Crippen LogP contribution in [-0.4, -0.2) is 18.0 Å². The zero-order valence-electron chi connectivity index (χ0n) is 9.67. The molecular formula is C12H15BrN2O. The summed E-state index contributed by atoms with van der Waals surface area (Å²) in [6, 6.07) is 5.92. The highest BCUT2D eigenvalue weighted by Gasteiger charge is 2.31. The lowest BCUT2D eigenvalue weighted by molar-refractivity contribution is -0.116. The van der Waals surface area contributed by atoms with Gasteiger partial charge in [-0.15, -0.1) is 0 Å². The normalized spacial score (nSPS) is 17.6. The average molecular weight is 283 g/mol. The minimum atomic E-state index is -0.0978. The minimum Gasteiger partial charge on any atom is -0.377 e. The van der Waals surface area contributed by atoms with Gasteiger partial charge in [-0.25, -0.2) is 0 Å². The lowest BCUT2D eigenvalue weighted by atomic mass is 9.99. The fourth-order valence-corrected chi connectivity index (χ4v) is 2.37. The summed E-state index contributed by atoms with van der Waals surface area (Å²) in [5.74, 6) is 0.0816. The summed E-state index contributed by atoms with van der Waals surface area (Å²) in [6.45, 7) is 6.48. The summed E-state index contributed by atoms with van der Waals surface area (Å²) in [5.41, 5.74) is 1.86. The SMILES string of the molecule is CC(=O)N1CC(C)(C)Nc2cc(Br)ccc21. The Balaban J connectivity index is 2.51. The van der Waals surface area contributed by atoms with Gasteiger partial charge in [0.1, 0.15) is 0 Å². The van der Waals surface area contributed by atoms with Crippen LogP contribution in [0.1, 0.15) is 20.8 Å². The van der Waals surface area contributed by atoms with Gasteiger partial charge < -0.3 is 10.2 Å². The molecule has 0 radical (unpaired) electrons. The number of nitrogens with one attached hydrogen (secondary N) is 1. The van der Waals surface area contributed by atoms with Crippen molar-refractivity contribution in [1.29, 1.82) is 0 Å². The van der Waals surface area contributed by atoms with Gasteiger partial charge in [-0.2, -0.15) is 0 Å². The van der Waals surface area contributed by atoms with Gasteiger partial charge in [0.05, 0.1) is 11.4 Å². The molecule has 1 aromatic rings. The van der Waals surface area contributed by atoms with Crippen LogP contribution in [-0.2, 0) is 4.79 Å². The summed E-state index contributed by atoms with van der Waals surface area (Å²) in [4.78, 5) is 13.4. The molecule has 1 aliphatic heterocycles. The molecule has 1 heterocycles. The van der Waals surface area contributed by atoms with Gasteiger partial charge in [-0.05, 0) is 32.0 Å². The number of halogens is 1. The Bertz CT molecular complexity index is 443. The Morgan fingerprint density at radius 3 is 2.81 bits per heavy atom. The Morgan fingerprint density at radius 1 is 1.50 bits per heavy atom. The number of fused-ring (bicyclic) bond motifs is 1. The molecule has 1 aromatic carbocycles. The van der Waals surface area contributed by atoms with Crippen LogP contribution in [0.25, 0.3) is 0 Å². The van der Waals surface area contributed by atoms with E-state index in [1.165, 1.54) is 0 Å². The van der Waals surface area contributed by atoms with Gasteiger partial charge in [0.25, 0.3) is 0 Å². The van der Waals surface area contributed by atoms with E-state index in [2.05, 4.69) is 35.1 Å². The Kier molecular flexibility index (Phi) is 2.70. The van der Waals surface area contributed by atoms with Gasteiger partial charge in [0, 0.05) is 23.5 Å². The molecule has 0 aromatic heterocycles. The van der Waals surface area contributed by atoms with E-state index < -0.39 is 0 Å². The molecule has 0 atom stereocenters. The van der Waals surface area contributed by atoms with Crippen molar-refractivity contribution in [3.63, 3.8) is 0 Å². The number of hydrogen-bond donors (Lipinski definition) is 1. The Labute approximate surface area is 104 Å². The van der Waals surface area contributed by atoms with E-state index in [4.69, 9.17) is 0 Å². The molecule has 86 valence electrons. The predicted molar refractivity (Wildman–Crippen MR) is 69.9 cm³/mol. The molecule has 2 rings (SSSR count). The topological polar surface area (TPSA) is 32.3 Å². The maximum Gasteiger partial charge on any atom is 0.224 e. The Hall–Kier alpha value is -1.03. The monoisotopic (exact) mass is 282 g/mol. The molecule has 1 N–H and O–H groups in total. The molecule has 16 heavy (non-hydrogen) atoms. The number of hydrogen-bond acceptors (Lipinski definition) is 2. The van der Waals surface area contributed by atoms with Crippen LogP contribution < -0.4 is 10.2 Å². The van der Waals surface area contributed by atoms with Crippen molar-refractivity contribution >= 4 is 33.2 Å². The van der Waals surface area contributed by atoms with Gasteiger partial charge in [-0.3, -0.25) is 4.79 Å². The van der Waals surface area contributed by atoms with Gasteiger partial charge in [0.15, 0.2) is 0 Å². The van der Waals surface area contributed by atoms with Crippen LogP contribution in [0, 0.1) is 0 Å². The van der Waals surface area contributed by atoms with Crippen LogP contribution in [0.4, 0.5) is 11.4 Å². The molecule has 0 saturated heterocycles. The van der Waals surface area contributed by atoms with E-state index >= 15 is 0 Å². The zero-order valence-corrected chi connectivity index (χ0v) is 11.3. The number of nitrogens with zero attached hydrogens (tertiary/aromatic N) is 1. The van der Waals surface area contributed by atoms with Crippen molar-refractivity contribution < 1.29 is 4.79 Å². The second-order valence-electron chi connectivity index (χ2n) is 4.78. The molecule has 1 amide bonds. The fourth-order valence-electron chi connectivity index (χ4n) is 2.01. The van der Waals surface area contributed by atoms with E-state index in [0.29, 0.717) is 6.54 Å². The molecular weight excluding hydrogens is 268 g/mol. The molecule has 0 saturated carbocycles. The molecule has 0 bridgehead atoms. The third kappa shape index (κ3) is 2.07. The van der Waals surface area contributed by atoms with Crippen molar-refractivity contribution in [3.8, 4) is 0 Å². The van der Waals surface area contributed by atoms with Crippen molar-refractivity contribution in [2.75, 3.05) is 16.8 Å². The maximum absolute atomic E-state index is 11.6. The number of rotatable bonds is 0. The fraction of sp³-hybridized carbons (Fsp3) is 0.417. The molecule has 4 heteroatoms. The van der Waals surface area contributed by atoms with Gasteiger partial charge in [-0.1, -0.05) is 15.9 Å². The van der Waals surface area contributed by atoms with Crippen molar-refractivity contribution in [3.05, 3.63) is 22.7 Å². The number of carbonyl (C=O) groups is 1. The van der Waals surface area contributed by atoms with E-state index in [9.17, 15) is 4.79 Å². The number of benzene rings is 1. The number of anilines is 2. The summed E-state index contributed by atoms with van der Waals surface area (Å²) in [7, 11) is 0. The summed E-state index contributed by atoms with van der Waals surface area (Å²) in [6.07, 6.45) is 0. The summed E-state index contributed by atoms with van der Waals surface area (Å²) >= 11 is 3.44. The molecule has 0 aliphatic carbocycles. The van der Waals surface area contributed by atoms with Gasteiger partial charge in [0.2, 0.25) is 5.91 Å². The van der Waals surface area contributed by atoms with E-state index in [0.717, 1.165) is 15.8 Å². The summed E-state index contributed by atoms with van der Waals surface area (Å²) < 4.78 is 1.01. The molecule has 0 fully saturated rings. The zero-order chi connectivity index (χ0) is 11.9. The standard InChI is InChI=1S/C12H15BrN2O/c1-8(16)15-7-12(2,3)14-10-6-9(13)4-5-11(10)15/h4-6,14H,7H2,1-3H3. The summed E-state index contributed by atoms with van der Waals surface area (Å²) in [5, 5.41) is 3.44. The number of amides is 1. The second-order valence-corrected chi connectivity index (χ2v) is 5.69. The first-order valence-corrected chi connectivity index (χ1v) is 6.04. The smallest absolute Gasteiger partial charge is 0.224 e. The molecule has 0 spiro atoms. The highest BCUT2D eigenvalue weighted by molar-refractivity contribution is 9.10. The van der Waals surface area contributed by atoms with Crippen LogP contribution >= 0.6 is 15.9 Å². The third-order valence-electron chi connectivity index (χ3n) is 2.66. The molecule has 0 unspecified atom stereocenters. The lowest BCUT2D eigenvalue weighted by Crippen LogP contribution is -2.50. The highest BCUT2D eigenvalue weighted by atomic mass is 79.9. The van der Waals surface area contributed by atoms with E-state index in [1.807, 2.05) is 23.1 Å². The van der Waals surface area contributed by atoms with Crippen LogP contribution in [0.2, 0.25) is 0 Å². The van der Waals surface area contributed by atoms with Crippen LogP contribution in [0.15, 0.2) is 22.7 Å². The van der Waals surface area contributed by atoms with Gasteiger partial charge >= 0.3 is 0 Å². The van der Waals surface area contributed by atoms with Crippen molar-refractivity contribution in [1.82, 2.24) is 0 Å². The molecule has 3 nitrogen and oxygen atoms in total. The van der Waals surface area contributed by atoms with E-state index in [1.54, 1.807) is 6.92 Å². The third-order valence-corrected chi connectivity index (χ3v) is 3.15. The average Bonchev–Trinajstić information content (AvgIpc) is 2.14. The first kappa shape index (κ1) is 11.5. The first-order chi connectivity index (χ1) is 7.39. The molecule has 1 aliphatic rings. The van der Waals surface area contributed by atoms with E-state index in [-0.39, 0.29) is 11.4 Å². The Morgan fingerprint density at radius 2 is 2.19 bits per heavy atom. The maximum atomic E-state index is 11.6. The lowest BCUT2D eigenvalue weighted by Gasteiger charge is -2.40. The predicted octanol–water partition coefficient (Wildman–Crippen LogP) is 3.01. The largest absolute Gasteiger partial charge is 0.377 e. The quantitative estimate of drug-likeness (QED) is 0.793. The second kappa shape index (κ2) is 3.77. The number of carbonyl (C=O) groups excluding carboxylic acids is 1. The van der Waals surface area contributed by atoms with Crippen molar-refractivity contribution in [2.45, 2.75) is 26.3 Å². The van der Waals surface area contributed by atoms with Crippen LogP contribution in [0.3, 0.4) is 0 Å². The highest BCUT2D eigenvalue weighted by Crippen LogP contribution is 2.36. The first-order valence-electron chi connectivity index (χ1n) is 5.25.